The summed E-state index contributed by atoms with van der Waals surface area (Å²) in [6.07, 6.45) is 8.07. The fourth-order valence-electron chi connectivity index (χ4n) is 2.41. The second-order valence-corrected chi connectivity index (χ2v) is 5.22. The van der Waals surface area contributed by atoms with Gasteiger partial charge in [-0.15, -0.1) is 24.0 Å². The number of rotatable bonds is 7. The Hall–Kier alpha value is -0.720. The third kappa shape index (κ3) is 5.73. The highest BCUT2D eigenvalue weighted by atomic mass is 127. The van der Waals surface area contributed by atoms with Gasteiger partial charge in [0.15, 0.2) is 5.96 Å². The van der Waals surface area contributed by atoms with Gasteiger partial charge in [-0.05, 0) is 37.8 Å². The molecule has 20 heavy (non-hydrogen) atoms. The Morgan fingerprint density at radius 2 is 2.05 bits per heavy atom. The van der Waals surface area contributed by atoms with Gasteiger partial charge in [0, 0.05) is 31.5 Å². The lowest BCUT2D eigenvalue weighted by atomic mass is 10.2. The zero-order valence-electron chi connectivity index (χ0n) is 12.5. The van der Waals surface area contributed by atoms with Crippen LogP contribution >= 0.6 is 24.0 Å². The first kappa shape index (κ1) is 17.3. The minimum atomic E-state index is 0. The van der Waals surface area contributed by atoms with Crippen LogP contribution in [0.15, 0.2) is 29.5 Å². The predicted octanol–water partition coefficient (Wildman–Crippen LogP) is 2.85. The van der Waals surface area contributed by atoms with E-state index >= 15 is 0 Å². The summed E-state index contributed by atoms with van der Waals surface area (Å²) < 4.78 is 2.16. The zero-order chi connectivity index (χ0) is 13.5. The molecule has 1 aliphatic rings. The smallest absolute Gasteiger partial charge is 0.191 e. The molecule has 1 heterocycles. The number of halogens is 1. The van der Waals surface area contributed by atoms with Crippen molar-refractivity contribution in [2.24, 2.45) is 10.9 Å². The highest BCUT2D eigenvalue weighted by Gasteiger charge is 2.36. The Morgan fingerprint density at radius 1 is 1.30 bits per heavy atom. The second kappa shape index (κ2) is 9.26. The van der Waals surface area contributed by atoms with Crippen LogP contribution in [0, 0.1) is 5.92 Å². The monoisotopic (exact) mass is 390 g/mol. The van der Waals surface area contributed by atoms with E-state index in [2.05, 4.69) is 46.4 Å². The van der Waals surface area contributed by atoms with Crippen LogP contribution in [-0.2, 0) is 6.54 Å². The summed E-state index contributed by atoms with van der Waals surface area (Å²) in [7, 11) is 0. The molecule has 2 atom stereocenters. The molecule has 2 N–H and O–H groups in total. The number of nitrogens with one attached hydrogen (secondary N) is 2. The molecule has 0 radical (unpaired) electrons. The van der Waals surface area contributed by atoms with Gasteiger partial charge in [0.25, 0.3) is 0 Å². The van der Waals surface area contributed by atoms with E-state index in [1.807, 2.05) is 12.1 Å². The van der Waals surface area contributed by atoms with Gasteiger partial charge in [0.05, 0.1) is 6.54 Å². The fraction of sp³-hybridized carbons (Fsp3) is 0.667. The lowest BCUT2D eigenvalue weighted by Crippen LogP contribution is -2.39. The minimum Gasteiger partial charge on any atom is -0.357 e. The van der Waals surface area contributed by atoms with Crippen LogP contribution in [-0.4, -0.2) is 29.7 Å². The second-order valence-electron chi connectivity index (χ2n) is 5.22. The summed E-state index contributed by atoms with van der Waals surface area (Å²) in [5.41, 5.74) is 0. The first-order valence-electron chi connectivity index (χ1n) is 7.49. The molecule has 2 unspecified atom stereocenters. The van der Waals surface area contributed by atoms with Gasteiger partial charge in [-0.1, -0.05) is 13.3 Å². The average Bonchev–Trinajstić information content (AvgIpc) is 2.91. The van der Waals surface area contributed by atoms with E-state index in [0.29, 0.717) is 6.04 Å². The highest BCUT2D eigenvalue weighted by molar-refractivity contribution is 14.0. The van der Waals surface area contributed by atoms with Gasteiger partial charge >= 0.3 is 0 Å². The van der Waals surface area contributed by atoms with Crippen LogP contribution in [0.5, 0.6) is 0 Å². The van der Waals surface area contributed by atoms with E-state index in [-0.39, 0.29) is 24.0 Å². The SMILES string of the molecule is CCCC1CC1NC(=NCCn1cccc1)NCC.I. The van der Waals surface area contributed by atoms with E-state index in [4.69, 9.17) is 0 Å². The first-order valence-corrected chi connectivity index (χ1v) is 7.49. The summed E-state index contributed by atoms with van der Waals surface area (Å²) in [5, 5.41) is 6.86. The number of hydrogen-bond donors (Lipinski definition) is 2. The van der Waals surface area contributed by atoms with Crippen molar-refractivity contribution in [1.82, 2.24) is 15.2 Å². The summed E-state index contributed by atoms with van der Waals surface area (Å²) in [6, 6.07) is 4.74. The molecule has 0 aromatic carbocycles. The summed E-state index contributed by atoms with van der Waals surface area (Å²) in [4.78, 5) is 4.64. The Labute approximate surface area is 139 Å². The maximum atomic E-state index is 4.64. The molecular formula is C15H27IN4. The topological polar surface area (TPSA) is 41.4 Å². The average molecular weight is 390 g/mol. The van der Waals surface area contributed by atoms with Crippen LogP contribution in [0.25, 0.3) is 0 Å². The summed E-state index contributed by atoms with van der Waals surface area (Å²) in [6.45, 7) is 7.04. The maximum absolute atomic E-state index is 4.64. The highest BCUT2D eigenvalue weighted by Crippen LogP contribution is 2.34. The summed E-state index contributed by atoms with van der Waals surface area (Å²) >= 11 is 0. The third-order valence-corrected chi connectivity index (χ3v) is 3.54. The van der Waals surface area contributed by atoms with Crippen molar-refractivity contribution in [2.45, 2.75) is 45.7 Å². The zero-order valence-corrected chi connectivity index (χ0v) is 14.8. The molecule has 1 aliphatic carbocycles. The molecule has 2 rings (SSSR count). The molecule has 0 bridgehead atoms. The molecule has 0 spiro atoms. The molecule has 114 valence electrons. The van der Waals surface area contributed by atoms with Crippen molar-refractivity contribution in [3.8, 4) is 0 Å². The standard InChI is InChI=1S/C15H26N4.HI/c1-3-7-13-12-14(13)18-15(16-4-2)17-8-11-19-9-5-6-10-19;/h5-6,9-10,13-14H,3-4,7-8,11-12H2,1-2H3,(H2,16,17,18);1H. The quantitative estimate of drug-likeness (QED) is 0.427. The van der Waals surface area contributed by atoms with Gasteiger partial charge in [0.1, 0.15) is 0 Å². The number of hydrogen-bond acceptors (Lipinski definition) is 1. The van der Waals surface area contributed by atoms with Crippen molar-refractivity contribution in [3.63, 3.8) is 0 Å². The van der Waals surface area contributed by atoms with Crippen LogP contribution in [0.2, 0.25) is 0 Å². The van der Waals surface area contributed by atoms with Crippen molar-refractivity contribution < 1.29 is 0 Å². The first-order chi connectivity index (χ1) is 9.33. The molecular weight excluding hydrogens is 363 g/mol. The lowest BCUT2D eigenvalue weighted by Gasteiger charge is -2.11. The van der Waals surface area contributed by atoms with Gasteiger partial charge < -0.3 is 15.2 Å². The van der Waals surface area contributed by atoms with E-state index < -0.39 is 0 Å². The molecule has 0 saturated heterocycles. The Balaban J connectivity index is 0.00000200. The van der Waals surface area contributed by atoms with Crippen molar-refractivity contribution in [3.05, 3.63) is 24.5 Å². The van der Waals surface area contributed by atoms with Crippen molar-refractivity contribution in [2.75, 3.05) is 13.1 Å². The minimum absolute atomic E-state index is 0. The Kier molecular flexibility index (Phi) is 8.02. The molecule has 0 amide bonds. The number of aliphatic imine (C=N–C) groups is 1. The molecule has 1 saturated carbocycles. The van der Waals surface area contributed by atoms with Gasteiger partial charge in [-0.25, -0.2) is 0 Å². The van der Waals surface area contributed by atoms with E-state index in [1.165, 1.54) is 19.3 Å². The molecule has 1 aromatic heterocycles. The van der Waals surface area contributed by atoms with Crippen LogP contribution in [0.3, 0.4) is 0 Å². The fourth-order valence-corrected chi connectivity index (χ4v) is 2.41. The van der Waals surface area contributed by atoms with Crippen molar-refractivity contribution >= 4 is 29.9 Å². The van der Waals surface area contributed by atoms with E-state index in [9.17, 15) is 0 Å². The molecule has 1 fully saturated rings. The Bertz CT molecular complexity index is 389. The number of guanidine groups is 1. The van der Waals surface area contributed by atoms with Crippen LogP contribution in [0.4, 0.5) is 0 Å². The number of nitrogens with zero attached hydrogens (tertiary/aromatic N) is 2. The normalized spacial score (nSPS) is 21.2. The largest absolute Gasteiger partial charge is 0.357 e. The van der Waals surface area contributed by atoms with Gasteiger partial charge in [-0.3, -0.25) is 4.99 Å². The Morgan fingerprint density at radius 3 is 2.70 bits per heavy atom. The van der Waals surface area contributed by atoms with E-state index in [0.717, 1.165) is 31.5 Å². The van der Waals surface area contributed by atoms with E-state index in [1.54, 1.807) is 0 Å². The third-order valence-electron chi connectivity index (χ3n) is 3.54. The van der Waals surface area contributed by atoms with Crippen LogP contribution < -0.4 is 10.6 Å². The molecule has 5 heteroatoms. The predicted molar refractivity (Wildman–Crippen MR) is 95.8 cm³/mol. The number of aromatic nitrogens is 1. The van der Waals surface area contributed by atoms with Crippen LogP contribution in [0.1, 0.15) is 33.1 Å². The van der Waals surface area contributed by atoms with Gasteiger partial charge in [-0.2, -0.15) is 0 Å². The van der Waals surface area contributed by atoms with Crippen molar-refractivity contribution in [1.29, 1.82) is 0 Å². The lowest BCUT2D eigenvalue weighted by molar-refractivity contribution is 0.652. The maximum Gasteiger partial charge on any atom is 0.191 e. The van der Waals surface area contributed by atoms with Gasteiger partial charge in [0.2, 0.25) is 0 Å². The molecule has 0 aliphatic heterocycles. The summed E-state index contributed by atoms with van der Waals surface area (Å²) in [5.74, 6) is 1.83. The molecule has 4 nitrogen and oxygen atoms in total. The molecule has 1 aromatic rings.